The zero-order valence-corrected chi connectivity index (χ0v) is 19.0. The summed E-state index contributed by atoms with van der Waals surface area (Å²) in [5.41, 5.74) is 1.14. The number of ether oxygens (including phenoxy) is 2. The van der Waals surface area contributed by atoms with Crippen LogP contribution in [0.1, 0.15) is 22.7 Å². The number of rotatable bonds is 6. The minimum Gasteiger partial charge on any atom is -0.507 e. The lowest BCUT2D eigenvalue weighted by Gasteiger charge is -2.25. The number of carbonyl (C=O) groups excluding carboxylic acids is 2. The molecule has 0 aliphatic carbocycles. The molecule has 1 atom stereocenters. The van der Waals surface area contributed by atoms with Gasteiger partial charge in [-0.05, 0) is 41.5 Å². The normalized spacial score (nSPS) is 17.2. The third-order valence-electron chi connectivity index (χ3n) is 5.56. The number of pyridine rings is 1. The van der Waals surface area contributed by atoms with E-state index < -0.39 is 29.3 Å². The van der Waals surface area contributed by atoms with Gasteiger partial charge in [-0.1, -0.05) is 23.7 Å². The lowest BCUT2D eigenvalue weighted by molar-refractivity contribution is -0.140. The fourth-order valence-electron chi connectivity index (χ4n) is 3.91. The van der Waals surface area contributed by atoms with E-state index in [-0.39, 0.29) is 28.5 Å². The van der Waals surface area contributed by atoms with Gasteiger partial charge in [0.15, 0.2) is 0 Å². The van der Waals surface area contributed by atoms with E-state index in [1.165, 1.54) is 55.5 Å². The highest BCUT2D eigenvalue weighted by atomic mass is 35.5. The summed E-state index contributed by atoms with van der Waals surface area (Å²) in [6.07, 6.45) is 3.14. The van der Waals surface area contributed by atoms with Gasteiger partial charge in [0.25, 0.3) is 11.7 Å². The maximum absolute atomic E-state index is 13.6. The van der Waals surface area contributed by atoms with E-state index >= 15 is 0 Å². The summed E-state index contributed by atoms with van der Waals surface area (Å²) in [6.45, 7) is 0.0758. The number of benzene rings is 2. The van der Waals surface area contributed by atoms with Gasteiger partial charge in [0.2, 0.25) is 0 Å². The number of hydrogen-bond donors (Lipinski definition) is 1. The van der Waals surface area contributed by atoms with Crippen LogP contribution in [0.4, 0.5) is 4.39 Å². The Bertz CT molecular complexity index is 1280. The second-order valence-electron chi connectivity index (χ2n) is 7.52. The maximum atomic E-state index is 13.6. The smallest absolute Gasteiger partial charge is 0.295 e. The van der Waals surface area contributed by atoms with Gasteiger partial charge in [0.1, 0.15) is 23.1 Å². The summed E-state index contributed by atoms with van der Waals surface area (Å²) in [7, 11) is 2.82. The molecule has 174 valence electrons. The SMILES string of the molecule is COc1cc(OC)c(/C(O)=C2\C(=O)C(=O)N(Cc3ccncc3)C2c2ccc(F)cc2)cc1Cl. The second-order valence-corrected chi connectivity index (χ2v) is 7.93. The largest absolute Gasteiger partial charge is 0.507 e. The standard InChI is InChI=1S/C25H20ClFN2O5/c1-33-19-12-20(34-2)18(26)11-17(19)23(30)21-22(15-3-5-16(27)6-4-15)29(25(32)24(21)31)13-14-7-9-28-10-8-14/h3-12,22,30H,13H2,1-2H3/b23-21+. The Morgan fingerprint density at radius 2 is 1.71 bits per heavy atom. The van der Waals surface area contributed by atoms with Crippen molar-refractivity contribution in [3.8, 4) is 11.5 Å². The molecule has 2 heterocycles. The molecule has 0 saturated carbocycles. The molecule has 0 spiro atoms. The van der Waals surface area contributed by atoms with Gasteiger partial charge in [-0.3, -0.25) is 14.6 Å². The molecule has 1 aliphatic rings. The predicted octanol–water partition coefficient (Wildman–Crippen LogP) is 4.51. The molecular formula is C25H20ClFN2O5. The van der Waals surface area contributed by atoms with E-state index in [0.29, 0.717) is 11.3 Å². The summed E-state index contributed by atoms with van der Waals surface area (Å²) in [5, 5.41) is 11.5. The maximum Gasteiger partial charge on any atom is 0.295 e. The van der Waals surface area contributed by atoms with Crippen molar-refractivity contribution >= 4 is 29.1 Å². The quantitative estimate of drug-likeness (QED) is 0.316. The number of carbonyl (C=O) groups is 2. The molecule has 1 unspecified atom stereocenters. The number of Topliss-reactive ketones (excluding diaryl/α,β-unsaturated/α-hetero) is 1. The Morgan fingerprint density at radius 3 is 2.32 bits per heavy atom. The van der Waals surface area contributed by atoms with Gasteiger partial charge in [-0.25, -0.2) is 4.39 Å². The van der Waals surface area contributed by atoms with Crippen LogP contribution in [0.5, 0.6) is 11.5 Å². The molecule has 0 bridgehead atoms. The number of halogens is 2. The molecular weight excluding hydrogens is 463 g/mol. The number of aliphatic hydroxyl groups excluding tert-OH is 1. The van der Waals surface area contributed by atoms with E-state index in [0.717, 1.165) is 5.56 Å². The highest BCUT2D eigenvalue weighted by Gasteiger charge is 2.46. The zero-order chi connectivity index (χ0) is 24.4. The number of methoxy groups -OCH3 is 2. The average Bonchev–Trinajstić information content (AvgIpc) is 3.09. The fraction of sp³-hybridized carbons (Fsp3) is 0.160. The third-order valence-corrected chi connectivity index (χ3v) is 5.85. The molecule has 1 amide bonds. The van der Waals surface area contributed by atoms with E-state index in [1.807, 2.05) is 0 Å². The Morgan fingerprint density at radius 1 is 1.06 bits per heavy atom. The highest BCUT2D eigenvalue weighted by Crippen LogP contribution is 2.43. The van der Waals surface area contributed by atoms with Crippen molar-refractivity contribution in [3.63, 3.8) is 0 Å². The lowest BCUT2D eigenvalue weighted by Crippen LogP contribution is -2.29. The topological polar surface area (TPSA) is 89.0 Å². The number of likely N-dealkylation sites (tertiary alicyclic amines) is 1. The van der Waals surface area contributed by atoms with Gasteiger partial charge in [-0.2, -0.15) is 0 Å². The first-order valence-electron chi connectivity index (χ1n) is 10.2. The van der Waals surface area contributed by atoms with Crippen molar-refractivity contribution in [2.45, 2.75) is 12.6 Å². The number of ketones is 1. The number of hydrogen-bond acceptors (Lipinski definition) is 6. The van der Waals surface area contributed by atoms with Crippen LogP contribution in [-0.4, -0.2) is 40.9 Å². The van der Waals surface area contributed by atoms with E-state index in [4.69, 9.17) is 21.1 Å². The molecule has 1 aromatic heterocycles. The number of amides is 1. The molecule has 4 rings (SSSR count). The van der Waals surface area contributed by atoms with Crippen molar-refractivity contribution < 1.29 is 28.6 Å². The molecule has 1 aliphatic heterocycles. The molecule has 1 N–H and O–H groups in total. The Balaban J connectivity index is 1.91. The van der Waals surface area contributed by atoms with Crippen molar-refractivity contribution in [1.82, 2.24) is 9.88 Å². The van der Waals surface area contributed by atoms with Crippen molar-refractivity contribution in [1.29, 1.82) is 0 Å². The molecule has 1 saturated heterocycles. The molecule has 3 aromatic rings. The minimum atomic E-state index is -0.973. The minimum absolute atomic E-state index is 0.0758. The molecule has 2 aromatic carbocycles. The second kappa shape index (κ2) is 9.52. The highest BCUT2D eigenvalue weighted by molar-refractivity contribution is 6.46. The fourth-order valence-corrected chi connectivity index (χ4v) is 4.15. The van der Waals surface area contributed by atoms with E-state index in [2.05, 4.69) is 4.98 Å². The number of aliphatic hydroxyl groups is 1. The van der Waals surface area contributed by atoms with Gasteiger partial charge in [0, 0.05) is 25.0 Å². The number of aromatic nitrogens is 1. The summed E-state index contributed by atoms with van der Waals surface area (Å²) < 4.78 is 24.2. The molecule has 7 nitrogen and oxygen atoms in total. The van der Waals surface area contributed by atoms with Crippen LogP contribution in [0.15, 0.2) is 66.5 Å². The number of nitrogens with zero attached hydrogens (tertiary/aromatic N) is 2. The van der Waals surface area contributed by atoms with Crippen LogP contribution >= 0.6 is 11.6 Å². The van der Waals surface area contributed by atoms with Crippen LogP contribution in [-0.2, 0) is 16.1 Å². The Kier molecular flexibility index (Phi) is 6.51. The van der Waals surface area contributed by atoms with E-state index in [9.17, 15) is 19.1 Å². The third kappa shape index (κ3) is 4.20. The summed E-state index contributed by atoms with van der Waals surface area (Å²) in [5.74, 6) is -2.12. The summed E-state index contributed by atoms with van der Waals surface area (Å²) in [4.78, 5) is 31.6. The lowest BCUT2D eigenvalue weighted by atomic mass is 9.94. The van der Waals surface area contributed by atoms with Crippen LogP contribution in [0, 0.1) is 5.82 Å². The predicted molar refractivity (Wildman–Crippen MR) is 123 cm³/mol. The van der Waals surface area contributed by atoms with Gasteiger partial charge >= 0.3 is 0 Å². The van der Waals surface area contributed by atoms with Crippen LogP contribution in [0.2, 0.25) is 5.02 Å². The Labute approximate surface area is 200 Å². The molecule has 1 fully saturated rings. The average molecular weight is 483 g/mol. The molecule has 9 heteroatoms. The monoisotopic (exact) mass is 482 g/mol. The van der Waals surface area contributed by atoms with Crippen LogP contribution in [0.3, 0.4) is 0 Å². The molecule has 0 radical (unpaired) electrons. The van der Waals surface area contributed by atoms with Crippen molar-refractivity contribution in [2.75, 3.05) is 14.2 Å². The van der Waals surface area contributed by atoms with Crippen molar-refractivity contribution in [3.05, 3.63) is 94.0 Å². The van der Waals surface area contributed by atoms with Crippen LogP contribution in [0.25, 0.3) is 5.76 Å². The van der Waals surface area contributed by atoms with E-state index in [1.54, 1.807) is 24.5 Å². The first-order chi connectivity index (χ1) is 16.3. The first kappa shape index (κ1) is 23.3. The molecule has 34 heavy (non-hydrogen) atoms. The van der Waals surface area contributed by atoms with Gasteiger partial charge in [0.05, 0.1) is 36.4 Å². The Hall–Kier alpha value is -3.91. The van der Waals surface area contributed by atoms with Crippen molar-refractivity contribution in [2.24, 2.45) is 0 Å². The summed E-state index contributed by atoms with van der Waals surface area (Å²) >= 11 is 6.26. The van der Waals surface area contributed by atoms with Gasteiger partial charge in [-0.15, -0.1) is 0 Å². The summed E-state index contributed by atoms with van der Waals surface area (Å²) in [6, 6.07) is 10.7. The van der Waals surface area contributed by atoms with Crippen LogP contribution < -0.4 is 9.47 Å². The first-order valence-corrected chi connectivity index (χ1v) is 10.6. The zero-order valence-electron chi connectivity index (χ0n) is 18.3. The van der Waals surface area contributed by atoms with Gasteiger partial charge < -0.3 is 19.5 Å².